The molecular weight excluding hydrogens is 374 g/mol. The molecule has 0 radical (unpaired) electrons. The first kappa shape index (κ1) is 20.3. The van der Waals surface area contributed by atoms with Gasteiger partial charge < -0.3 is 15.0 Å². The van der Waals surface area contributed by atoms with Crippen LogP contribution in [0.15, 0.2) is 48.5 Å². The first-order chi connectivity index (χ1) is 14.0. The zero-order valence-electron chi connectivity index (χ0n) is 16.2. The molecule has 0 spiro atoms. The number of esters is 1. The third-order valence-electron chi connectivity index (χ3n) is 5.01. The number of aryl methyl sites for hydroxylation is 1. The summed E-state index contributed by atoms with van der Waals surface area (Å²) in [7, 11) is 0. The summed E-state index contributed by atoms with van der Waals surface area (Å²) in [5.74, 6) is -1.11. The number of piperidine rings is 1. The minimum absolute atomic E-state index is 0.0569. The molecule has 8 heteroatoms. The molecule has 0 atom stereocenters. The molecule has 1 heterocycles. The molecule has 2 aromatic carbocycles. The highest BCUT2D eigenvalue weighted by atomic mass is 16.6. The Morgan fingerprint density at radius 1 is 1.14 bits per heavy atom. The number of carbonyl (C=O) groups is 2. The van der Waals surface area contributed by atoms with Crippen molar-refractivity contribution in [3.05, 3.63) is 64.2 Å². The maximum atomic E-state index is 12.3. The Morgan fingerprint density at radius 3 is 2.48 bits per heavy atom. The molecule has 1 saturated heterocycles. The van der Waals surface area contributed by atoms with Crippen molar-refractivity contribution in [2.75, 3.05) is 29.9 Å². The van der Waals surface area contributed by atoms with Gasteiger partial charge in [0.1, 0.15) is 5.69 Å². The van der Waals surface area contributed by atoms with Crippen molar-refractivity contribution in [3.8, 4) is 0 Å². The SMILES string of the molecule is Cc1ccccc1NC(=O)COC(=O)C1CCN(c2ccccc2[N+](=O)[O-])CC1. The Labute approximate surface area is 168 Å². The highest BCUT2D eigenvalue weighted by Crippen LogP contribution is 2.31. The lowest BCUT2D eigenvalue weighted by molar-refractivity contribution is -0.384. The minimum atomic E-state index is -0.410. The van der Waals surface area contributed by atoms with Crippen LogP contribution in [0.2, 0.25) is 0 Å². The molecule has 2 aromatic rings. The number of nitro benzene ring substituents is 1. The number of nitrogens with one attached hydrogen (secondary N) is 1. The molecule has 1 aliphatic heterocycles. The Hall–Kier alpha value is -3.42. The number of nitrogens with zero attached hydrogens (tertiary/aromatic N) is 2. The van der Waals surface area contributed by atoms with Crippen LogP contribution in [0.4, 0.5) is 17.1 Å². The molecule has 1 aliphatic rings. The fraction of sp³-hybridized carbons (Fsp3) is 0.333. The van der Waals surface area contributed by atoms with Crippen molar-refractivity contribution < 1.29 is 19.2 Å². The number of ether oxygens (including phenoxy) is 1. The number of rotatable bonds is 6. The van der Waals surface area contributed by atoms with Gasteiger partial charge >= 0.3 is 5.97 Å². The number of amides is 1. The lowest BCUT2D eigenvalue weighted by Gasteiger charge is -2.32. The molecule has 0 unspecified atom stereocenters. The van der Waals surface area contributed by atoms with E-state index in [-0.39, 0.29) is 24.1 Å². The van der Waals surface area contributed by atoms with Crippen LogP contribution >= 0.6 is 0 Å². The average Bonchev–Trinajstić information content (AvgIpc) is 2.74. The first-order valence-electron chi connectivity index (χ1n) is 9.46. The Kier molecular flexibility index (Phi) is 6.43. The number of nitro groups is 1. The van der Waals surface area contributed by atoms with Crippen molar-refractivity contribution in [3.63, 3.8) is 0 Å². The van der Waals surface area contributed by atoms with Gasteiger partial charge in [0.05, 0.1) is 10.8 Å². The molecule has 1 N–H and O–H groups in total. The molecule has 152 valence electrons. The number of carbonyl (C=O) groups excluding carboxylic acids is 2. The van der Waals surface area contributed by atoms with Gasteiger partial charge in [-0.1, -0.05) is 30.3 Å². The highest BCUT2D eigenvalue weighted by Gasteiger charge is 2.29. The standard InChI is InChI=1S/C21H23N3O5/c1-15-6-2-3-7-17(15)22-20(25)14-29-21(26)16-10-12-23(13-11-16)18-8-4-5-9-19(18)24(27)28/h2-9,16H,10-14H2,1H3,(H,22,25). The van der Waals surface area contributed by atoms with Crippen LogP contribution in [0.1, 0.15) is 18.4 Å². The van der Waals surface area contributed by atoms with E-state index in [1.54, 1.807) is 24.3 Å². The topological polar surface area (TPSA) is 102 Å². The molecule has 0 bridgehead atoms. The Morgan fingerprint density at radius 2 is 1.79 bits per heavy atom. The Balaban J connectivity index is 1.49. The zero-order chi connectivity index (χ0) is 20.8. The molecule has 8 nitrogen and oxygen atoms in total. The molecule has 1 amide bonds. The molecule has 1 fully saturated rings. The van der Waals surface area contributed by atoms with E-state index in [1.165, 1.54) is 6.07 Å². The van der Waals surface area contributed by atoms with Gasteiger partial charge in [0.15, 0.2) is 6.61 Å². The predicted molar refractivity (Wildman–Crippen MR) is 109 cm³/mol. The van der Waals surface area contributed by atoms with E-state index in [1.807, 2.05) is 30.0 Å². The van der Waals surface area contributed by atoms with E-state index in [2.05, 4.69) is 5.32 Å². The summed E-state index contributed by atoms with van der Waals surface area (Å²) in [6.45, 7) is 2.57. The monoisotopic (exact) mass is 397 g/mol. The van der Waals surface area contributed by atoms with Crippen molar-refractivity contribution in [1.29, 1.82) is 0 Å². The summed E-state index contributed by atoms with van der Waals surface area (Å²) >= 11 is 0. The van der Waals surface area contributed by atoms with Crippen LogP contribution in [0.3, 0.4) is 0 Å². The highest BCUT2D eigenvalue weighted by molar-refractivity contribution is 5.93. The minimum Gasteiger partial charge on any atom is -0.455 e. The van der Waals surface area contributed by atoms with Crippen molar-refractivity contribution in [1.82, 2.24) is 0 Å². The average molecular weight is 397 g/mol. The third-order valence-corrected chi connectivity index (χ3v) is 5.01. The van der Waals surface area contributed by atoms with Gasteiger partial charge in [-0.05, 0) is 37.5 Å². The fourth-order valence-electron chi connectivity index (χ4n) is 3.40. The van der Waals surface area contributed by atoms with Crippen LogP contribution in [0.25, 0.3) is 0 Å². The van der Waals surface area contributed by atoms with Crippen molar-refractivity contribution in [2.24, 2.45) is 5.92 Å². The van der Waals surface area contributed by atoms with E-state index in [0.717, 1.165) is 5.56 Å². The summed E-state index contributed by atoms with van der Waals surface area (Å²) in [4.78, 5) is 37.1. The quantitative estimate of drug-likeness (QED) is 0.456. The molecule has 0 aromatic heterocycles. The third kappa shape index (κ3) is 5.10. The van der Waals surface area contributed by atoms with Gasteiger partial charge in [0, 0.05) is 24.8 Å². The van der Waals surface area contributed by atoms with Crippen LogP contribution in [0, 0.1) is 23.0 Å². The maximum Gasteiger partial charge on any atom is 0.309 e. The van der Waals surface area contributed by atoms with Crippen molar-refractivity contribution in [2.45, 2.75) is 19.8 Å². The number of anilines is 2. The van der Waals surface area contributed by atoms with E-state index in [4.69, 9.17) is 4.74 Å². The Bertz CT molecular complexity index is 907. The molecule has 3 rings (SSSR count). The summed E-state index contributed by atoms with van der Waals surface area (Å²) in [5, 5.41) is 13.9. The number of para-hydroxylation sites is 3. The normalized spacial score (nSPS) is 14.3. The predicted octanol–water partition coefficient (Wildman–Crippen LogP) is 3.30. The van der Waals surface area contributed by atoms with Crippen LogP contribution in [-0.2, 0) is 14.3 Å². The number of benzene rings is 2. The van der Waals surface area contributed by atoms with Gasteiger partial charge in [-0.25, -0.2) is 0 Å². The smallest absolute Gasteiger partial charge is 0.309 e. The van der Waals surface area contributed by atoms with E-state index >= 15 is 0 Å². The van der Waals surface area contributed by atoms with Gasteiger partial charge in [-0.3, -0.25) is 19.7 Å². The molecule has 0 saturated carbocycles. The van der Waals surface area contributed by atoms with Crippen LogP contribution < -0.4 is 10.2 Å². The van der Waals surface area contributed by atoms with Gasteiger partial charge in [-0.2, -0.15) is 0 Å². The first-order valence-corrected chi connectivity index (χ1v) is 9.46. The summed E-state index contributed by atoms with van der Waals surface area (Å²) in [6.07, 6.45) is 1.04. The van der Waals surface area contributed by atoms with Gasteiger partial charge in [0.25, 0.3) is 11.6 Å². The van der Waals surface area contributed by atoms with Gasteiger partial charge in [-0.15, -0.1) is 0 Å². The molecule has 0 aliphatic carbocycles. The molecular formula is C21H23N3O5. The fourth-order valence-corrected chi connectivity index (χ4v) is 3.40. The summed E-state index contributed by atoms with van der Waals surface area (Å²) < 4.78 is 5.18. The zero-order valence-corrected chi connectivity index (χ0v) is 16.2. The van der Waals surface area contributed by atoms with Gasteiger partial charge in [0.2, 0.25) is 0 Å². The second kappa shape index (κ2) is 9.18. The maximum absolute atomic E-state index is 12.3. The van der Waals surface area contributed by atoms with E-state index in [0.29, 0.717) is 37.3 Å². The molecule has 29 heavy (non-hydrogen) atoms. The number of hydrogen-bond acceptors (Lipinski definition) is 6. The van der Waals surface area contributed by atoms with E-state index < -0.39 is 10.9 Å². The second-order valence-electron chi connectivity index (χ2n) is 6.98. The number of hydrogen-bond donors (Lipinski definition) is 1. The van der Waals surface area contributed by atoms with E-state index in [9.17, 15) is 19.7 Å². The van der Waals surface area contributed by atoms with Crippen LogP contribution in [-0.4, -0.2) is 36.5 Å². The lowest BCUT2D eigenvalue weighted by Crippen LogP contribution is -2.37. The second-order valence-corrected chi connectivity index (χ2v) is 6.98. The van der Waals surface area contributed by atoms with Crippen molar-refractivity contribution >= 4 is 28.9 Å². The summed E-state index contributed by atoms with van der Waals surface area (Å²) in [5.41, 5.74) is 2.23. The lowest BCUT2D eigenvalue weighted by atomic mass is 9.96. The summed E-state index contributed by atoms with van der Waals surface area (Å²) in [6, 6.07) is 13.9. The van der Waals surface area contributed by atoms with Crippen LogP contribution in [0.5, 0.6) is 0 Å². The largest absolute Gasteiger partial charge is 0.455 e.